The lowest BCUT2D eigenvalue weighted by atomic mass is 10.0. The van der Waals surface area contributed by atoms with E-state index in [1.54, 1.807) is 6.08 Å². The summed E-state index contributed by atoms with van der Waals surface area (Å²) in [5, 5.41) is 23.1. The number of hydrogen-bond acceptors (Lipinski definition) is 5. The van der Waals surface area contributed by atoms with Gasteiger partial charge < -0.3 is 20.3 Å². The summed E-state index contributed by atoms with van der Waals surface area (Å²) >= 11 is 0. The molecule has 0 saturated heterocycles. The van der Waals surface area contributed by atoms with Gasteiger partial charge in [-0.15, -0.1) is 0 Å². The summed E-state index contributed by atoms with van der Waals surface area (Å²) in [6.45, 7) is 4.85. The van der Waals surface area contributed by atoms with Crippen LogP contribution >= 0.6 is 0 Å². The number of hydrogen-bond donors (Lipinski definition) is 3. The normalized spacial score (nSPS) is 12.9. The molecule has 0 bridgehead atoms. The smallest absolute Gasteiger partial charge is 0.305 e. The molecule has 0 spiro atoms. The van der Waals surface area contributed by atoms with Gasteiger partial charge in [-0.25, -0.2) is 0 Å². The molecule has 0 aromatic heterocycles. The predicted octanol–water partition coefficient (Wildman–Crippen LogP) is 16.9. The summed E-state index contributed by atoms with van der Waals surface area (Å²) in [5.41, 5.74) is 0. The molecule has 0 heterocycles. The van der Waals surface area contributed by atoms with E-state index in [1.807, 2.05) is 6.08 Å². The number of amides is 1. The minimum atomic E-state index is -0.854. The summed E-state index contributed by atoms with van der Waals surface area (Å²) in [6.07, 6.45) is 64.3. The highest BCUT2D eigenvalue weighted by molar-refractivity contribution is 5.76. The van der Waals surface area contributed by atoms with Crippen LogP contribution in [-0.2, 0) is 14.3 Å². The number of carbonyl (C=O) groups is 2. The molecule has 0 aliphatic carbocycles. The average Bonchev–Trinajstić information content (AvgIpc) is 3.28. The standard InChI is InChI=1S/C57H107NO5/c1-3-5-7-9-11-13-15-17-19-21-23-27-31-35-39-43-47-51-57(62)63-52-48-44-40-36-32-28-24-26-30-34-38-42-46-50-56(61)58-54(53-59)55(60)49-45-41-37-33-29-25-22-20-18-16-14-12-10-8-6-4-2/h11,13,17,19,45,49,54-55,59-60H,3-10,12,14-16,18,20-44,46-48,50-53H2,1-2H3,(H,58,61)/b13-11-,19-17-,49-45+. The van der Waals surface area contributed by atoms with Crippen molar-refractivity contribution in [3.63, 3.8) is 0 Å². The van der Waals surface area contributed by atoms with E-state index in [9.17, 15) is 19.8 Å². The maximum atomic E-state index is 12.4. The molecule has 0 rings (SSSR count). The number of allylic oxidation sites excluding steroid dienone is 5. The number of unbranched alkanes of at least 4 members (excludes halogenated alkanes) is 36. The number of aliphatic hydroxyl groups excluding tert-OH is 2. The molecule has 0 fully saturated rings. The van der Waals surface area contributed by atoms with Crippen LogP contribution in [0.3, 0.4) is 0 Å². The third-order valence-corrected chi connectivity index (χ3v) is 12.7. The lowest BCUT2D eigenvalue weighted by molar-refractivity contribution is -0.143. The Morgan fingerprint density at radius 1 is 0.444 bits per heavy atom. The van der Waals surface area contributed by atoms with E-state index in [4.69, 9.17) is 4.74 Å². The lowest BCUT2D eigenvalue weighted by Crippen LogP contribution is -2.45. The van der Waals surface area contributed by atoms with Gasteiger partial charge in [-0.3, -0.25) is 9.59 Å². The van der Waals surface area contributed by atoms with Crippen molar-refractivity contribution in [1.29, 1.82) is 0 Å². The van der Waals surface area contributed by atoms with Crippen molar-refractivity contribution in [3.05, 3.63) is 36.5 Å². The molecule has 0 aliphatic heterocycles. The number of rotatable bonds is 51. The highest BCUT2D eigenvalue weighted by atomic mass is 16.5. The van der Waals surface area contributed by atoms with Gasteiger partial charge in [0.1, 0.15) is 0 Å². The zero-order valence-electron chi connectivity index (χ0n) is 42.1. The maximum Gasteiger partial charge on any atom is 0.305 e. The van der Waals surface area contributed by atoms with Crippen LogP contribution in [-0.4, -0.2) is 47.4 Å². The second kappa shape index (κ2) is 52.7. The summed E-state index contributed by atoms with van der Waals surface area (Å²) in [4.78, 5) is 24.5. The zero-order valence-corrected chi connectivity index (χ0v) is 42.1. The molecule has 1 amide bonds. The van der Waals surface area contributed by atoms with Crippen LogP contribution in [0.2, 0.25) is 0 Å². The second-order valence-corrected chi connectivity index (χ2v) is 18.9. The molecule has 370 valence electrons. The molecule has 0 aromatic carbocycles. The molecular weight excluding hydrogens is 779 g/mol. The number of nitrogens with one attached hydrogen (secondary N) is 1. The van der Waals surface area contributed by atoms with Crippen molar-refractivity contribution >= 4 is 11.9 Å². The van der Waals surface area contributed by atoms with Crippen LogP contribution in [0.4, 0.5) is 0 Å². The Hall–Kier alpha value is -1.92. The van der Waals surface area contributed by atoms with Crippen molar-refractivity contribution in [1.82, 2.24) is 5.32 Å². The zero-order chi connectivity index (χ0) is 45.8. The molecule has 6 heteroatoms. The second-order valence-electron chi connectivity index (χ2n) is 18.9. The van der Waals surface area contributed by atoms with E-state index in [0.717, 1.165) is 64.2 Å². The molecule has 2 atom stereocenters. The van der Waals surface area contributed by atoms with Gasteiger partial charge >= 0.3 is 5.97 Å². The fourth-order valence-corrected chi connectivity index (χ4v) is 8.37. The highest BCUT2D eigenvalue weighted by Gasteiger charge is 2.18. The fourth-order valence-electron chi connectivity index (χ4n) is 8.37. The van der Waals surface area contributed by atoms with E-state index >= 15 is 0 Å². The molecular formula is C57H107NO5. The van der Waals surface area contributed by atoms with Crippen molar-refractivity contribution in [2.75, 3.05) is 13.2 Å². The average molecular weight is 886 g/mol. The van der Waals surface area contributed by atoms with Crippen LogP contribution in [0.15, 0.2) is 36.5 Å². The van der Waals surface area contributed by atoms with Crippen LogP contribution in [0.5, 0.6) is 0 Å². The molecule has 0 radical (unpaired) electrons. The fraction of sp³-hybridized carbons (Fsp3) is 0.860. The molecule has 0 aromatic rings. The predicted molar refractivity (Wildman–Crippen MR) is 273 cm³/mol. The maximum absolute atomic E-state index is 12.4. The molecule has 3 N–H and O–H groups in total. The number of esters is 1. The lowest BCUT2D eigenvalue weighted by Gasteiger charge is -2.20. The van der Waals surface area contributed by atoms with Gasteiger partial charge in [0.25, 0.3) is 0 Å². The third-order valence-electron chi connectivity index (χ3n) is 12.7. The van der Waals surface area contributed by atoms with Crippen molar-refractivity contribution in [3.8, 4) is 0 Å². The minimum Gasteiger partial charge on any atom is -0.466 e. The summed E-state index contributed by atoms with van der Waals surface area (Å²) in [7, 11) is 0. The Morgan fingerprint density at radius 3 is 1.24 bits per heavy atom. The van der Waals surface area contributed by atoms with Gasteiger partial charge in [0.05, 0.1) is 25.4 Å². The Bertz CT molecular complexity index is 1020. The Labute approximate surface area is 392 Å². The van der Waals surface area contributed by atoms with E-state index in [-0.39, 0.29) is 18.5 Å². The van der Waals surface area contributed by atoms with E-state index in [1.165, 1.54) is 199 Å². The molecule has 0 aliphatic rings. The first-order valence-electron chi connectivity index (χ1n) is 27.8. The number of ether oxygens (including phenoxy) is 1. The summed E-state index contributed by atoms with van der Waals surface area (Å²) in [6, 6.07) is -0.638. The van der Waals surface area contributed by atoms with Gasteiger partial charge in [-0.05, 0) is 64.2 Å². The molecule has 63 heavy (non-hydrogen) atoms. The Morgan fingerprint density at radius 2 is 0.794 bits per heavy atom. The topological polar surface area (TPSA) is 95.9 Å². The Kier molecular flexibility index (Phi) is 51.1. The van der Waals surface area contributed by atoms with Gasteiger partial charge in [0, 0.05) is 12.8 Å². The van der Waals surface area contributed by atoms with Crippen molar-refractivity contribution < 1.29 is 24.5 Å². The van der Waals surface area contributed by atoms with Crippen LogP contribution in [0.1, 0.15) is 290 Å². The van der Waals surface area contributed by atoms with Gasteiger partial charge in [-0.1, -0.05) is 249 Å². The summed E-state index contributed by atoms with van der Waals surface area (Å²) in [5.74, 6) is -0.0954. The van der Waals surface area contributed by atoms with Crippen LogP contribution in [0, 0.1) is 0 Å². The monoisotopic (exact) mass is 886 g/mol. The highest BCUT2D eigenvalue weighted by Crippen LogP contribution is 2.16. The molecule has 2 unspecified atom stereocenters. The quantitative estimate of drug-likeness (QED) is 0.0321. The van der Waals surface area contributed by atoms with Gasteiger partial charge in [0.2, 0.25) is 5.91 Å². The van der Waals surface area contributed by atoms with E-state index < -0.39 is 12.1 Å². The first-order valence-corrected chi connectivity index (χ1v) is 27.8. The first kappa shape index (κ1) is 61.1. The SMILES string of the molecule is CCCCC/C=C\C/C=C\CCCCCCCCCC(=O)OCCCCCCCCCCCCCCCC(=O)NC(CO)C(O)/C=C/CCCCCCCCCCCCCCCC. The van der Waals surface area contributed by atoms with Gasteiger partial charge in [0.15, 0.2) is 0 Å². The van der Waals surface area contributed by atoms with Crippen LogP contribution < -0.4 is 5.32 Å². The van der Waals surface area contributed by atoms with Crippen LogP contribution in [0.25, 0.3) is 0 Å². The number of aliphatic hydroxyl groups is 2. The third kappa shape index (κ3) is 49.4. The minimum absolute atomic E-state index is 0.0148. The largest absolute Gasteiger partial charge is 0.466 e. The van der Waals surface area contributed by atoms with E-state index in [2.05, 4.69) is 43.5 Å². The van der Waals surface area contributed by atoms with E-state index in [0.29, 0.717) is 19.4 Å². The van der Waals surface area contributed by atoms with Crippen molar-refractivity contribution in [2.24, 2.45) is 0 Å². The molecule has 6 nitrogen and oxygen atoms in total. The first-order chi connectivity index (χ1) is 31.0. The van der Waals surface area contributed by atoms with Crippen molar-refractivity contribution in [2.45, 2.75) is 302 Å². The number of carbonyl (C=O) groups excluding carboxylic acids is 2. The Balaban J connectivity index is 3.48. The van der Waals surface area contributed by atoms with Gasteiger partial charge in [-0.2, -0.15) is 0 Å². The summed E-state index contributed by atoms with van der Waals surface area (Å²) < 4.78 is 5.47. The molecule has 0 saturated carbocycles.